The Labute approximate surface area is 203 Å². The zero-order chi connectivity index (χ0) is 24.2. The fourth-order valence-electron chi connectivity index (χ4n) is 4.39. The van der Waals surface area contributed by atoms with Crippen LogP contribution in [-0.2, 0) is 6.54 Å². The van der Waals surface area contributed by atoms with Crippen molar-refractivity contribution in [3.63, 3.8) is 0 Å². The molecule has 9 nitrogen and oxygen atoms in total. The highest BCUT2D eigenvalue weighted by atomic mass is 16.2. The molecule has 1 saturated heterocycles. The predicted molar refractivity (Wildman–Crippen MR) is 134 cm³/mol. The summed E-state index contributed by atoms with van der Waals surface area (Å²) in [5.41, 5.74) is 4.96. The summed E-state index contributed by atoms with van der Waals surface area (Å²) < 4.78 is 0. The average Bonchev–Trinajstić information content (AvgIpc) is 3.33. The lowest BCUT2D eigenvalue weighted by Gasteiger charge is -2.26. The van der Waals surface area contributed by atoms with Crippen molar-refractivity contribution in [1.82, 2.24) is 30.4 Å². The molecule has 0 atom stereocenters. The van der Waals surface area contributed by atoms with Crippen LogP contribution in [0.5, 0.6) is 0 Å². The molecule has 0 radical (unpaired) electrons. The normalized spacial score (nSPS) is 14.1. The van der Waals surface area contributed by atoms with Gasteiger partial charge in [0.2, 0.25) is 0 Å². The second kappa shape index (κ2) is 10.0. The van der Waals surface area contributed by atoms with E-state index in [2.05, 4.69) is 41.8 Å². The molecule has 1 fully saturated rings. The van der Waals surface area contributed by atoms with E-state index in [1.807, 2.05) is 30.6 Å². The summed E-state index contributed by atoms with van der Waals surface area (Å²) >= 11 is 0. The molecule has 4 heterocycles. The number of hydrogen-bond donors (Lipinski definition) is 3. The van der Waals surface area contributed by atoms with Crippen molar-refractivity contribution in [3.8, 4) is 11.1 Å². The van der Waals surface area contributed by atoms with Crippen molar-refractivity contribution in [2.75, 3.05) is 25.5 Å². The van der Waals surface area contributed by atoms with Crippen LogP contribution in [-0.4, -0.2) is 57.0 Å². The Morgan fingerprint density at radius 2 is 1.83 bits per heavy atom. The van der Waals surface area contributed by atoms with Gasteiger partial charge in [0.25, 0.3) is 11.8 Å². The van der Waals surface area contributed by atoms with E-state index in [0.29, 0.717) is 5.69 Å². The molecule has 35 heavy (non-hydrogen) atoms. The number of aromatic amines is 1. The Morgan fingerprint density at radius 3 is 2.60 bits per heavy atom. The van der Waals surface area contributed by atoms with E-state index in [4.69, 9.17) is 0 Å². The first-order valence-electron chi connectivity index (χ1n) is 11.7. The van der Waals surface area contributed by atoms with Gasteiger partial charge in [-0.2, -0.15) is 5.10 Å². The molecule has 3 N–H and O–H groups in total. The first-order chi connectivity index (χ1) is 17.1. The molecule has 0 aliphatic carbocycles. The highest BCUT2D eigenvalue weighted by molar-refractivity contribution is 6.11. The fraction of sp³-hybridized carbons (Fsp3) is 0.269. The third-order valence-electron chi connectivity index (χ3n) is 6.24. The zero-order valence-corrected chi connectivity index (χ0v) is 19.5. The number of nitrogens with zero attached hydrogens (tertiary/aromatic N) is 4. The SMILES string of the molecule is CNC(=O)c1ccc(NC(=O)c2n[nH]c3ccc(-c4cncc(CN5CCCCC5)c4)cc23)cn1. The van der Waals surface area contributed by atoms with E-state index in [-0.39, 0.29) is 23.2 Å². The zero-order valence-electron chi connectivity index (χ0n) is 19.5. The van der Waals surface area contributed by atoms with Crippen molar-refractivity contribution < 1.29 is 9.59 Å². The summed E-state index contributed by atoms with van der Waals surface area (Å²) in [5, 5.41) is 13.2. The topological polar surface area (TPSA) is 116 Å². The summed E-state index contributed by atoms with van der Waals surface area (Å²) in [4.78, 5) is 35.7. The lowest BCUT2D eigenvalue weighted by Crippen LogP contribution is -2.29. The Bertz CT molecular complexity index is 1360. The van der Waals surface area contributed by atoms with Crippen LogP contribution in [0.25, 0.3) is 22.0 Å². The van der Waals surface area contributed by atoms with Crippen LogP contribution >= 0.6 is 0 Å². The third-order valence-corrected chi connectivity index (χ3v) is 6.24. The number of carbonyl (C=O) groups is 2. The maximum Gasteiger partial charge on any atom is 0.276 e. The quantitative estimate of drug-likeness (QED) is 0.397. The smallest absolute Gasteiger partial charge is 0.276 e. The van der Waals surface area contributed by atoms with Crippen molar-refractivity contribution in [2.24, 2.45) is 0 Å². The largest absolute Gasteiger partial charge is 0.354 e. The van der Waals surface area contributed by atoms with Crippen LogP contribution in [0.3, 0.4) is 0 Å². The van der Waals surface area contributed by atoms with Crippen molar-refractivity contribution in [1.29, 1.82) is 0 Å². The number of amides is 2. The van der Waals surface area contributed by atoms with E-state index in [0.717, 1.165) is 41.7 Å². The molecule has 1 aliphatic rings. The number of piperidine rings is 1. The molecule has 0 unspecified atom stereocenters. The van der Waals surface area contributed by atoms with Gasteiger partial charge in [-0.25, -0.2) is 4.98 Å². The number of fused-ring (bicyclic) bond motifs is 1. The minimum Gasteiger partial charge on any atom is -0.354 e. The van der Waals surface area contributed by atoms with Gasteiger partial charge in [-0.1, -0.05) is 12.5 Å². The maximum atomic E-state index is 13.0. The van der Waals surface area contributed by atoms with Crippen LogP contribution in [0.1, 0.15) is 45.8 Å². The first-order valence-corrected chi connectivity index (χ1v) is 11.7. The standard InChI is InChI=1S/C26H27N7O2/c1-27-25(34)23-8-6-20(15-29-23)30-26(35)24-21-12-18(5-7-22(21)31-32-24)19-11-17(13-28-14-19)16-33-9-3-2-4-10-33/h5-8,11-15H,2-4,9-10,16H2,1H3,(H,27,34)(H,30,35)(H,31,32). The number of pyridine rings is 2. The van der Waals surface area contributed by atoms with Gasteiger partial charge in [-0.05, 0) is 67.4 Å². The van der Waals surface area contributed by atoms with Crippen molar-refractivity contribution >= 4 is 28.4 Å². The molecular weight excluding hydrogens is 442 g/mol. The molecule has 5 rings (SSSR count). The summed E-state index contributed by atoms with van der Waals surface area (Å²) in [7, 11) is 1.54. The van der Waals surface area contributed by atoms with Crippen LogP contribution < -0.4 is 10.6 Å². The minimum atomic E-state index is -0.361. The van der Waals surface area contributed by atoms with Gasteiger partial charge >= 0.3 is 0 Å². The molecule has 178 valence electrons. The van der Waals surface area contributed by atoms with Crippen LogP contribution in [0.15, 0.2) is 55.0 Å². The molecule has 9 heteroatoms. The predicted octanol–water partition coefficient (Wildman–Crippen LogP) is 3.62. The third kappa shape index (κ3) is 5.04. The van der Waals surface area contributed by atoms with Gasteiger partial charge in [-0.15, -0.1) is 0 Å². The molecule has 0 bridgehead atoms. The maximum absolute atomic E-state index is 13.0. The number of hydrogen-bond acceptors (Lipinski definition) is 6. The highest BCUT2D eigenvalue weighted by Crippen LogP contribution is 2.26. The van der Waals surface area contributed by atoms with Gasteiger partial charge in [0.1, 0.15) is 5.69 Å². The number of anilines is 1. The lowest BCUT2D eigenvalue weighted by atomic mass is 10.0. The summed E-state index contributed by atoms with van der Waals surface area (Å²) in [6, 6.07) is 11.2. The number of H-pyrrole nitrogens is 1. The van der Waals surface area contributed by atoms with Gasteiger partial charge in [0.15, 0.2) is 5.69 Å². The van der Waals surface area contributed by atoms with Crippen LogP contribution in [0.2, 0.25) is 0 Å². The Kier molecular flexibility index (Phi) is 6.49. The number of likely N-dealkylation sites (tertiary alicyclic amines) is 1. The lowest BCUT2D eigenvalue weighted by molar-refractivity contribution is 0.0957. The minimum absolute atomic E-state index is 0.275. The van der Waals surface area contributed by atoms with Gasteiger partial charge in [0, 0.05) is 36.9 Å². The van der Waals surface area contributed by atoms with E-state index in [9.17, 15) is 9.59 Å². The van der Waals surface area contributed by atoms with Gasteiger partial charge in [-0.3, -0.25) is 24.6 Å². The average molecular weight is 470 g/mol. The number of carbonyl (C=O) groups excluding carboxylic acids is 2. The van der Waals surface area contributed by atoms with Crippen LogP contribution in [0.4, 0.5) is 5.69 Å². The Hall–Kier alpha value is -4.11. The van der Waals surface area contributed by atoms with Crippen molar-refractivity contribution in [3.05, 3.63) is 71.9 Å². The molecular formula is C26H27N7O2. The molecule has 1 aromatic carbocycles. The second-order valence-electron chi connectivity index (χ2n) is 8.72. The molecule has 1 aliphatic heterocycles. The van der Waals surface area contributed by atoms with E-state index < -0.39 is 0 Å². The fourth-order valence-corrected chi connectivity index (χ4v) is 4.39. The summed E-state index contributed by atoms with van der Waals surface area (Å²) in [5.74, 6) is -0.650. The molecule has 0 saturated carbocycles. The first kappa shape index (κ1) is 22.7. The molecule has 3 aromatic heterocycles. The highest BCUT2D eigenvalue weighted by Gasteiger charge is 2.17. The number of nitrogens with one attached hydrogen (secondary N) is 3. The second-order valence-corrected chi connectivity index (χ2v) is 8.72. The molecule has 4 aromatic rings. The Morgan fingerprint density at radius 1 is 0.971 bits per heavy atom. The molecule has 0 spiro atoms. The monoisotopic (exact) mass is 469 g/mol. The van der Waals surface area contributed by atoms with Gasteiger partial charge in [0.05, 0.1) is 17.4 Å². The number of benzene rings is 1. The summed E-state index contributed by atoms with van der Waals surface area (Å²) in [6.45, 7) is 3.16. The van der Waals surface area contributed by atoms with Gasteiger partial charge < -0.3 is 10.6 Å². The number of rotatable bonds is 6. The van der Waals surface area contributed by atoms with E-state index in [1.165, 1.54) is 38.1 Å². The summed E-state index contributed by atoms with van der Waals surface area (Å²) in [6.07, 6.45) is 9.04. The van der Waals surface area contributed by atoms with E-state index >= 15 is 0 Å². The van der Waals surface area contributed by atoms with Crippen LogP contribution in [0, 0.1) is 0 Å². The van der Waals surface area contributed by atoms with Crippen molar-refractivity contribution in [2.45, 2.75) is 25.8 Å². The Balaban J connectivity index is 1.36. The van der Waals surface area contributed by atoms with E-state index in [1.54, 1.807) is 12.1 Å². The molecule has 2 amide bonds. The number of aromatic nitrogens is 4.